The second-order valence-corrected chi connectivity index (χ2v) is 7.89. The highest BCUT2D eigenvalue weighted by Crippen LogP contribution is 2.11. The molecule has 7 heteroatoms. The van der Waals surface area contributed by atoms with Gasteiger partial charge in [0.2, 0.25) is 0 Å². The summed E-state index contributed by atoms with van der Waals surface area (Å²) in [7, 11) is 3.93. The van der Waals surface area contributed by atoms with Crippen LogP contribution in [-0.4, -0.2) is 62.7 Å². The van der Waals surface area contributed by atoms with Gasteiger partial charge in [-0.1, -0.05) is 30.3 Å². The molecule has 0 bridgehead atoms. The molecule has 0 saturated carbocycles. The monoisotopic (exact) mass is 514 g/mol. The predicted octanol–water partition coefficient (Wildman–Crippen LogP) is 3.45. The molecule has 0 spiro atoms. The van der Waals surface area contributed by atoms with Gasteiger partial charge in [-0.2, -0.15) is 0 Å². The molecule has 154 valence electrons. The van der Waals surface area contributed by atoms with Crippen molar-refractivity contribution in [3.8, 4) is 0 Å². The highest BCUT2D eigenvalue weighted by molar-refractivity contribution is 14.0. The van der Waals surface area contributed by atoms with Gasteiger partial charge in [0.25, 0.3) is 0 Å². The summed E-state index contributed by atoms with van der Waals surface area (Å²) in [6, 6.07) is 13.2. The minimum Gasteiger partial charge on any atom is -0.379 e. The fraction of sp³-hybridized carbons (Fsp3) is 0.476. The summed E-state index contributed by atoms with van der Waals surface area (Å²) in [6.45, 7) is 6.49. The fourth-order valence-electron chi connectivity index (χ4n) is 3.18. The number of nitrogens with zero attached hydrogens (tertiary/aromatic N) is 3. The Kier molecular flexibility index (Phi) is 10.3. The van der Waals surface area contributed by atoms with Gasteiger partial charge < -0.3 is 15.0 Å². The zero-order chi connectivity index (χ0) is 18.9. The lowest BCUT2D eigenvalue weighted by Crippen LogP contribution is -2.39. The van der Waals surface area contributed by atoms with E-state index >= 15 is 0 Å². The highest BCUT2D eigenvalue weighted by Gasteiger charge is 2.11. The zero-order valence-corrected chi connectivity index (χ0v) is 19.9. The van der Waals surface area contributed by atoms with Crippen LogP contribution in [0.3, 0.4) is 0 Å². The molecule has 1 aliphatic rings. The van der Waals surface area contributed by atoms with Crippen molar-refractivity contribution in [2.45, 2.75) is 19.5 Å². The number of hydrogen-bond donors (Lipinski definition) is 1. The van der Waals surface area contributed by atoms with Crippen LogP contribution in [0.1, 0.15) is 16.0 Å². The third kappa shape index (κ3) is 7.35. The number of rotatable bonds is 7. The van der Waals surface area contributed by atoms with Crippen molar-refractivity contribution >= 4 is 41.3 Å². The van der Waals surface area contributed by atoms with E-state index in [9.17, 15) is 0 Å². The molecule has 1 aromatic heterocycles. The molecule has 1 saturated heterocycles. The average Bonchev–Trinajstić information content (AvgIpc) is 3.22. The SMILES string of the molecule is CN=C(NCc1ccc(CN2CCOCC2)cc1)N(C)CCc1cccs1.I. The van der Waals surface area contributed by atoms with Crippen LogP contribution >= 0.6 is 35.3 Å². The van der Waals surface area contributed by atoms with E-state index in [-0.39, 0.29) is 24.0 Å². The largest absolute Gasteiger partial charge is 0.379 e. The third-order valence-corrected chi connectivity index (χ3v) is 5.77. The van der Waals surface area contributed by atoms with Gasteiger partial charge in [0.05, 0.1) is 13.2 Å². The molecular weight excluding hydrogens is 483 g/mol. The molecule has 0 radical (unpaired) electrons. The number of likely N-dealkylation sites (N-methyl/N-ethyl adjacent to an activating group) is 1. The maximum atomic E-state index is 5.41. The van der Waals surface area contributed by atoms with Crippen molar-refractivity contribution in [1.29, 1.82) is 0 Å². The molecule has 1 aliphatic heterocycles. The lowest BCUT2D eigenvalue weighted by atomic mass is 10.1. The first-order valence-corrected chi connectivity index (χ1v) is 10.4. The van der Waals surface area contributed by atoms with Gasteiger partial charge in [-0.3, -0.25) is 9.89 Å². The van der Waals surface area contributed by atoms with Crippen molar-refractivity contribution in [2.75, 3.05) is 46.9 Å². The number of thiophene rings is 1. The lowest BCUT2D eigenvalue weighted by molar-refractivity contribution is 0.0342. The lowest BCUT2D eigenvalue weighted by Gasteiger charge is -2.26. The molecule has 28 heavy (non-hydrogen) atoms. The molecule has 3 rings (SSSR count). The zero-order valence-electron chi connectivity index (χ0n) is 16.8. The first-order chi connectivity index (χ1) is 13.2. The molecular formula is C21H31IN4OS. The molecule has 1 N–H and O–H groups in total. The minimum atomic E-state index is 0. The van der Waals surface area contributed by atoms with Crippen molar-refractivity contribution in [3.63, 3.8) is 0 Å². The Labute approximate surface area is 189 Å². The summed E-state index contributed by atoms with van der Waals surface area (Å²) in [5, 5.41) is 5.60. The Bertz CT molecular complexity index is 700. The minimum absolute atomic E-state index is 0. The van der Waals surface area contributed by atoms with Crippen LogP contribution in [0, 0.1) is 0 Å². The summed E-state index contributed by atoms with van der Waals surface area (Å²) in [4.78, 5) is 10.5. The molecule has 0 atom stereocenters. The van der Waals surface area contributed by atoms with Gasteiger partial charge in [0.15, 0.2) is 5.96 Å². The van der Waals surface area contributed by atoms with Gasteiger partial charge in [0, 0.05) is 51.7 Å². The van der Waals surface area contributed by atoms with Crippen LogP contribution in [0.15, 0.2) is 46.8 Å². The number of nitrogens with one attached hydrogen (secondary N) is 1. The number of benzene rings is 1. The van der Waals surface area contributed by atoms with E-state index in [1.165, 1.54) is 16.0 Å². The molecule has 0 amide bonds. The fourth-order valence-corrected chi connectivity index (χ4v) is 3.88. The number of ether oxygens (including phenoxy) is 1. The summed E-state index contributed by atoms with van der Waals surface area (Å²) in [5.41, 5.74) is 2.63. The number of morpholine rings is 1. The van der Waals surface area contributed by atoms with Gasteiger partial charge in [0.1, 0.15) is 0 Å². The van der Waals surface area contributed by atoms with Crippen LogP contribution in [0.4, 0.5) is 0 Å². The van der Waals surface area contributed by atoms with Crippen molar-refractivity contribution in [2.24, 2.45) is 4.99 Å². The summed E-state index contributed by atoms with van der Waals surface area (Å²) in [5.74, 6) is 0.934. The van der Waals surface area contributed by atoms with Gasteiger partial charge in [-0.05, 0) is 29.0 Å². The van der Waals surface area contributed by atoms with Crippen LogP contribution < -0.4 is 5.32 Å². The van der Waals surface area contributed by atoms with Crippen LogP contribution in [0.2, 0.25) is 0 Å². The van der Waals surface area contributed by atoms with Crippen molar-refractivity contribution < 1.29 is 4.74 Å². The smallest absolute Gasteiger partial charge is 0.193 e. The Hall–Kier alpha value is -1.16. The molecule has 2 heterocycles. The first-order valence-electron chi connectivity index (χ1n) is 9.56. The quantitative estimate of drug-likeness (QED) is 0.349. The average molecular weight is 514 g/mol. The Morgan fingerprint density at radius 1 is 1.18 bits per heavy atom. The number of guanidine groups is 1. The third-order valence-electron chi connectivity index (χ3n) is 4.83. The Morgan fingerprint density at radius 3 is 2.54 bits per heavy atom. The van der Waals surface area contributed by atoms with Crippen molar-refractivity contribution in [1.82, 2.24) is 15.1 Å². The maximum absolute atomic E-state index is 5.41. The normalized spacial score (nSPS) is 15.1. The molecule has 2 aromatic rings. The molecule has 0 aliphatic carbocycles. The summed E-state index contributed by atoms with van der Waals surface area (Å²) < 4.78 is 5.41. The van der Waals surface area contributed by atoms with Crippen LogP contribution in [0.25, 0.3) is 0 Å². The second kappa shape index (κ2) is 12.4. The maximum Gasteiger partial charge on any atom is 0.193 e. The van der Waals surface area contributed by atoms with E-state index in [4.69, 9.17) is 4.74 Å². The molecule has 1 fully saturated rings. The second-order valence-electron chi connectivity index (χ2n) is 6.86. The van der Waals surface area contributed by atoms with Gasteiger partial charge >= 0.3 is 0 Å². The summed E-state index contributed by atoms with van der Waals surface area (Å²) in [6.07, 6.45) is 1.05. The summed E-state index contributed by atoms with van der Waals surface area (Å²) >= 11 is 1.81. The topological polar surface area (TPSA) is 40.1 Å². The number of halogens is 1. The number of hydrogen-bond acceptors (Lipinski definition) is 4. The Morgan fingerprint density at radius 2 is 1.89 bits per heavy atom. The first kappa shape index (κ1) is 23.1. The van der Waals surface area contributed by atoms with E-state index in [2.05, 4.69) is 68.9 Å². The van der Waals surface area contributed by atoms with Gasteiger partial charge in [-0.15, -0.1) is 35.3 Å². The number of aliphatic imine (C=N–C) groups is 1. The highest BCUT2D eigenvalue weighted by atomic mass is 127. The standard InChI is InChI=1S/C21H30N4OS.HI/c1-22-21(24(2)10-9-20-4-3-15-27-20)23-16-18-5-7-19(8-6-18)17-25-11-13-26-14-12-25;/h3-8,15H,9-14,16-17H2,1-2H3,(H,22,23);1H. The van der Waals surface area contributed by atoms with Crippen LogP contribution in [0.5, 0.6) is 0 Å². The van der Waals surface area contributed by atoms with Crippen molar-refractivity contribution in [3.05, 3.63) is 57.8 Å². The van der Waals surface area contributed by atoms with E-state index in [0.717, 1.165) is 58.3 Å². The van der Waals surface area contributed by atoms with E-state index in [1.54, 1.807) is 0 Å². The van der Waals surface area contributed by atoms with E-state index in [0.29, 0.717) is 0 Å². The molecule has 0 unspecified atom stereocenters. The van der Waals surface area contributed by atoms with Gasteiger partial charge in [-0.25, -0.2) is 0 Å². The van der Waals surface area contributed by atoms with E-state index < -0.39 is 0 Å². The van der Waals surface area contributed by atoms with Crippen LogP contribution in [-0.2, 0) is 24.2 Å². The van der Waals surface area contributed by atoms with E-state index in [1.807, 2.05) is 18.4 Å². The molecule has 5 nitrogen and oxygen atoms in total. The molecule has 1 aromatic carbocycles. The predicted molar refractivity (Wildman–Crippen MR) is 129 cm³/mol. The Balaban J connectivity index is 0.00000280.